The van der Waals surface area contributed by atoms with E-state index in [2.05, 4.69) is 34.1 Å². The summed E-state index contributed by atoms with van der Waals surface area (Å²) >= 11 is 0. The molecular weight excluding hydrogens is 326 g/mol. The molecule has 0 spiro atoms. The van der Waals surface area contributed by atoms with Crippen LogP contribution >= 0.6 is 0 Å². The van der Waals surface area contributed by atoms with Crippen LogP contribution in [0.3, 0.4) is 0 Å². The van der Waals surface area contributed by atoms with Crippen molar-refractivity contribution in [3.05, 3.63) is 30.6 Å². The number of amides is 1. The van der Waals surface area contributed by atoms with Crippen molar-refractivity contribution >= 4 is 11.5 Å². The molecule has 3 aliphatic heterocycles. The van der Waals surface area contributed by atoms with Gasteiger partial charge in [0.2, 0.25) is 5.91 Å². The van der Waals surface area contributed by atoms with Crippen molar-refractivity contribution in [1.82, 2.24) is 24.8 Å². The molecule has 26 heavy (non-hydrogen) atoms. The number of carbonyl (C=O) groups excluding carboxylic acids is 1. The van der Waals surface area contributed by atoms with Gasteiger partial charge in [-0.05, 0) is 50.1 Å². The maximum absolute atomic E-state index is 12.7. The molecule has 6 nitrogen and oxygen atoms in total. The van der Waals surface area contributed by atoms with E-state index in [4.69, 9.17) is 0 Å². The smallest absolute Gasteiger partial charge is 0.227 e. The summed E-state index contributed by atoms with van der Waals surface area (Å²) in [6.45, 7) is 7.22. The molecule has 4 aliphatic rings. The highest BCUT2D eigenvalue weighted by molar-refractivity contribution is 5.79. The summed E-state index contributed by atoms with van der Waals surface area (Å²) in [5.74, 6) is 0.902. The highest BCUT2D eigenvalue weighted by Gasteiger charge is 2.44. The molecule has 140 valence electrons. The van der Waals surface area contributed by atoms with Crippen LogP contribution in [-0.4, -0.2) is 63.4 Å². The lowest BCUT2D eigenvalue weighted by atomic mass is 9.75. The number of fused-ring (bicyclic) bond motifs is 3. The molecular formula is C20H29N5O. The van der Waals surface area contributed by atoms with Crippen molar-refractivity contribution in [1.29, 1.82) is 0 Å². The highest BCUT2D eigenvalue weighted by Crippen LogP contribution is 2.37. The predicted molar refractivity (Wildman–Crippen MR) is 101 cm³/mol. The van der Waals surface area contributed by atoms with E-state index in [9.17, 15) is 4.79 Å². The third kappa shape index (κ3) is 3.34. The fourth-order valence-corrected chi connectivity index (χ4v) is 4.83. The van der Waals surface area contributed by atoms with E-state index in [0.29, 0.717) is 18.5 Å². The summed E-state index contributed by atoms with van der Waals surface area (Å²) in [6, 6.07) is 0.467. The number of allylic oxidation sites excluding steroid dienone is 2. The molecule has 0 radical (unpaired) electrons. The summed E-state index contributed by atoms with van der Waals surface area (Å²) in [6.07, 6.45) is 11.9. The molecule has 0 N–H and O–H groups in total. The van der Waals surface area contributed by atoms with Gasteiger partial charge in [-0.25, -0.2) is 0 Å². The Hall–Kier alpha value is -1.95. The van der Waals surface area contributed by atoms with Gasteiger partial charge < -0.3 is 4.90 Å². The molecule has 2 bridgehead atoms. The maximum atomic E-state index is 12.7. The van der Waals surface area contributed by atoms with Crippen LogP contribution in [0, 0.1) is 11.8 Å². The van der Waals surface area contributed by atoms with Crippen LogP contribution in [-0.2, 0) is 11.3 Å². The van der Waals surface area contributed by atoms with Crippen molar-refractivity contribution in [2.75, 3.05) is 26.7 Å². The van der Waals surface area contributed by atoms with Gasteiger partial charge in [0.15, 0.2) is 0 Å². The average molecular weight is 355 g/mol. The Morgan fingerprint density at radius 3 is 3.08 bits per heavy atom. The zero-order valence-electron chi connectivity index (χ0n) is 15.7. The molecule has 1 aromatic rings. The number of hydrogen-bond donors (Lipinski definition) is 0. The van der Waals surface area contributed by atoms with Crippen LogP contribution in [0.5, 0.6) is 0 Å². The summed E-state index contributed by atoms with van der Waals surface area (Å²) in [4.78, 5) is 17.0. The largest absolute Gasteiger partial charge is 0.342 e. The molecule has 3 fully saturated rings. The van der Waals surface area contributed by atoms with Gasteiger partial charge in [0.1, 0.15) is 5.69 Å². The van der Waals surface area contributed by atoms with Gasteiger partial charge in [-0.15, -0.1) is 11.7 Å². The Labute approximate surface area is 155 Å². The standard InChI is InChI=1S/C20H29N5O/c1-3-9-23(2)20(26)18-13-24-10-8-16(18)11-17(24)12-25-14-19(21-22-25)15-6-4-5-7-15/h3,6,14,16-18H,1,4-5,7-13H2,2H3/t16-,17-,18+/m1/s1. The second kappa shape index (κ2) is 7.35. The first-order valence-corrected chi connectivity index (χ1v) is 9.85. The molecule has 1 amide bonds. The summed E-state index contributed by atoms with van der Waals surface area (Å²) in [5.41, 5.74) is 2.38. The molecule has 4 heterocycles. The summed E-state index contributed by atoms with van der Waals surface area (Å²) in [5, 5.41) is 8.73. The monoisotopic (exact) mass is 355 g/mol. The van der Waals surface area contributed by atoms with E-state index >= 15 is 0 Å². The lowest BCUT2D eigenvalue weighted by molar-refractivity contribution is -0.142. The lowest BCUT2D eigenvalue weighted by Gasteiger charge is -2.49. The van der Waals surface area contributed by atoms with Crippen molar-refractivity contribution in [3.8, 4) is 0 Å². The third-order valence-electron chi connectivity index (χ3n) is 6.28. The molecule has 1 unspecified atom stereocenters. The first-order valence-electron chi connectivity index (χ1n) is 9.85. The minimum atomic E-state index is 0.139. The number of nitrogens with zero attached hydrogens (tertiary/aromatic N) is 5. The number of hydrogen-bond acceptors (Lipinski definition) is 4. The van der Waals surface area contributed by atoms with Crippen LogP contribution in [0.25, 0.3) is 5.57 Å². The molecule has 0 saturated carbocycles. The van der Waals surface area contributed by atoms with Gasteiger partial charge in [-0.1, -0.05) is 17.4 Å². The number of aromatic nitrogens is 3. The van der Waals surface area contributed by atoms with Crippen LogP contribution < -0.4 is 0 Å². The van der Waals surface area contributed by atoms with E-state index in [1.165, 1.54) is 12.0 Å². The zero-order valence-corrected chi connectivity index (χ0v) is 15.7. The molecule has 0 aromatic carbocycles. The quantitative estimate of drug-likeness (QED) is 0.734. The summed E-state index contributed by atoms with van der Waals surface area (Å²) < 4.78 is 2.00. The van der Waals surface area contributed by atoms with E-state index in [0.717, 1.165) is 51.0 Å². The SMILES string of the molecule is C=CCN(C)C(=O)[C@H]1CN2CC[C@@H]1C[C@@H]2Cn1cc(C2=CCCC2)nn1. The Morgan fingerprint density at radius 2 is 2.38 bits per heavy atom. The first-order chi connectivity index (χ1) is 12.7. The first kappa shape index (κ1) is 17.5. The Kier molecular flexibility index (Phi) is 4.94. The van der Waals surface area contributed by atoms with Crippen molar-refractivity contribution in [2.24, 2.45) is 11.8 Å². The average Bonchev–Trinajstić information content (AvgIpc) is 3.33. The third-order valence-corrected chi connectivity index (χ3v) is 6.28. The summed E-state index contributed by atoms with van der Waals surface area (Å²) in [7, 11) is 1.88. The number of likely N-dealkylation sites (N-methyl/N-ethyl adjacent to an activating group) is 1. The fourth-order valence-electron chi connectivity index (χ4n) is 4.83. The minimum Gasteiger partial charge on any atom is -0.342 e. The van der Waals surface area contributed by atoms with E-state index in [1.54, 1.807) is 6.08 Å². The molecule has 6 heteroatoms. The van der Waals surface area contributed by atoms with Gasteiger partial charge in [0, 0.05) is 26.2 Å². The van der Waals surface area contributed by atoms with Gasteiger partial charge in [-0.3, -0.25) is 14.4 Å². The Bertz CT molecular complexity index is 709. The number of piperidine rings is 3. The van der Waals surface area contributed by atoms with Crippen molar-refractivity contribution in [2.45, 2.75) is 44.7 Å². The molecule has 1 aliphatic carbocycles. The van der Waals surface area contributed by atoms with E-state index in [1.807, 2.05) is 16.6 Å². The number of carbonyl (C=O) groups is 1. The van der Waals surface area contributed by atoms with Crippen LogP contribution in [0.2, 0.25) is 0 Å². The normalized spacial score (nSPS) is 30.3. The lowest BCUT2D eigenvalue weighted by Crippen LogP contribution is -2.58. The predicted octanol–water partition coefficient (Wildman–Crippen LogP) is 2.20. The Morgan fingerprint density at radius 1 is 1.50 bits per heavy atom. The van der Waals surface area contributed by atoms with Crippen LogP contribution in [0.1, 0.15) is 37.8 Å². The maximum Gasteiger partial charge on any atom is 0.227 e. The van der Waals surface area contributed by atoms with E-state index in [-0.39, 0.29) is 11.8 Å². The Balaban J connectivity index is 1.39. The highest BCUT2D eigenvalue weighted by atomic mass is 16.2. The van der Waals surface area contributed by atoms with Gasteiger partial charge in [0.25, 0.3) is 0 Å². The fraction of sp³-hybridized carbons (Fsp3) is 0.650. The van der Waals surface area contributed by atoms with Crippen LogP contribution in [0.4, 0.5) is 0 Å². The van der Waals surface area contributed by atoms with Gasteiger partial charge in [0.05, 0.1) is 18.7 Å². The molecule has 5 rings (SSSR count). The second-order valence-electron chi connectivity index (χ2n) is 7.99. The van der Waals surface area contributed by atoms with Gasteiger partial charge >= 0.3 is 0 Å². The topological polar surface area (TPSA) is 54.3 Å². The van der Waals surface area contributed by atoms with E-state index < -0.39 is 0 Å². The van der Waals surface area contributed by atoms with Crippen LogP contribution in [0.15, 0.2) is 24.9 Å². The number of rotatable bonds is 6. The molecule has 3 saturated heterocycles. The second-order valence-corrected chi connectivity index (χ2v) is 7.99. The van der Waals surface area contributed by atoms with Gasteiger partial charge in [-0.2, -0.15) is 0 Å². The zero-order chi connectivity index (χ0) is 18.1. The minimum absolute atomic E-state index is 0.139. The molecule has 1 aromatic heterocycles. The van der Waals surface area contributed by atoms with Crippen molar-refractivity contribution in [3.63, 3.8) is 0 Å². The molecule has 4 atom stereocenters. The van der Waals surface area contributed by atoms with Crippen molar-refractivity contribution < 1.29 is 4.79 Å².